The number of aromatic nitrogens is 2. The highest BCUT2D eigenvalue weighted by Crippen LogP contribution is 2.39. The predicted octanol–water partition coefficient (Wildman–Crippen LogP) is 6.26. The first kappa shape index (κ1) is 53.0. The maximum absolute atomic E-state index is 13.3. The fraction of sp³-hybridized carbons (Fsp3) is 0.387. The molecule has 77 heavy (non-hydrogen) atoms. The number of carbonyl (C=O) groups excluding carboxylic acids is 3. The van der Waals surface area contributed by atoms with Crippen LogP contribution in [-0.4, -0.2) is 124 Å². The highest BCUT2D eigenvalue weighted by atomic mass is 16.4. The van der Waals surface area contributed by atoms with Crippen molar-refractivity contribution in [2.24, 2.45) is 5.73 Å². The number of carbonyl (C=O) groups is 4. The van der Waals surface area contributed by atoms with Crippen LogP contribution in [0, 0.1) is 0 Å². The Morgan fingerprint density at radius 2 is 1.18 bits per heavy atom. The quantitative estimate of drug-likeness (QED) is 0.0983. The van der Waals surface area contributed by atoms with Gasteiger partial charge in [0.15, 0.2) is 0 Å². The first-order valence-corrected chi connectivity index (χ1v) is 27.5. The first-order chi connectivity index (χ1) is 37.6. The minimum atomic E-state index is -0.818. The number of carboxylic acid groups (broad SMARTS) is 1. The molecule has 6 aliphatic rings. The second kappa shape index (κ2) is 24.3. The van der Waals surface area contributed by atoms with Gasteiger partial charge in [-0.3, -0.25) is 38.9 Å². The van der Waals surface area contributed by atoms with Gasteiger partial charge in [0.05, 0.1) is 26.4 Å². The van der Waals surface area contributed by atoms with Crippen LogP contribution in [0.3, 0.4) is 0 Å². The Balaban J connectivity index is 0.000000145. The summed E-state index contributed by atoms with van der Waals surface area (Å²) in [5.41, 5.74) is 16.7. The number of anilines is 2. The molecule has 0 bridgehead atoms. The molecule has 6 aromatic rings. The second-order valence-electron chi connectivity index (χ2n) is 21.5. The monoisotopic (exact) mass is 1040 g/mol. The fourth-order valence-electron chi connectivity index (χ4n) is 12.7. The Bertz CT molecular complexity index is 2950. The van der Waals surface area contributed by atoms with Gasteiger partial charge in [-0.2, -0.15) is 0 Å². The zero-order chi connectivity index (χ0) is 53.2. The lowest BCUT2D eigenvalue weighted by molar-refractivity contribution is -0.139. The standard InChI is InChI=1S/C31H35N5O2.C16H18N2.C15H19N3O3/c37-29(21-35-17-14-31(15-18-35)30(38)33-22-36(31)25-9-2-1-3-10-25)34-28-13-12-24-8-4-5-11-26(24)27(28)19-23-7-6-16-32-20-23;17-15-7-6-13-4-1-5-14(16(13)10-15)9-12-3-2-8-18-11-12;19-13(20)10-17-8-6-15(7-9-17)14(21)16-11-18(15)12-4-2-1-3-5-12/h1-11,16,20,27-28H,12-15,17-19,21-22H2,(H,33,38)(H,34,37);1-5,8,11,15H,6-7,9-10,17H2;1-5H,6-11H2,(H,16,21)(H,19,20). The molecular formula is C62H72N10O5. The first-order valence-electron chi connectivity index (χ1n) is 27.5. The van der Waals surface area contributed by atoms with E-state index in [0.717, 1.165) is 69.4 Å². The summed E-state index contributed by atoms with van der Waals surface area (Å²) in [6, 6.07) is 43.9. The van der Waals surface area contributed by atoms with Crippen LogP contribution < -0.4 is 31.5 Å². The number of fused-ring (bicyclic) bond motifs is 2. The van der Waals surface area contributed by atoms with Crippen molar-refractivity contribution in [3.63, 3.8) is 0 Å². The number of nitrogens with one attached hydrogen (secondary N) is 3. The van der Waals surface area contributed by atoms with Gasteiger partial charge in [0.2, 0.25) is 17.7 Å². The van der Waals surface area contributed by atoms with Gasteiger partial charge in [0.25, 0.3) is 0 Å². The summed E-state index contributed by atoms with van der Waals surface area (Å²) < 4.78 is 0. The maximum Gasteiger partial charge on any atom is 0.317 e. The molecule has 4 aliphatic heterocycles. The molecule has 4 fully saturated rings. The Morgan fingerprint density at radius 1 is 0.636 bits per heavy atom. The summed E-state index contributed by atoms with van der Waals surface area (Å²) in [4.78, 5) is 66.3. The molecule has 0 saturated carbocycles. The van der Waals surface area contributed by atoms with Gasteiger partial charge in [0.1, 0.15) is 11.1 Å². The number of pyridine rings is 2. The molecular weight excluding hydrogens is 965 g/mol. The topological polar surface area (TPSA) is 189 Å². The van der Waals surface area contributed by atoms with E-state index in [1.807, 2.05) is 84.2 Å². The Morgan fingerprint density at radius 3 is 1.77 bits per heavy atom. The summed E-state index contributed by atoms with van der Waals surface area (Å²) in [7, 11) is 0. The number of benzene rings is 4. The van der Waals surface area contributed by atoms with E-state index in [-0.39, 0.29) is 36.2 Å². The van der Waals surface area contributed by atoms with Gasteiger partial charge < -0.3 is 36.6 Å². The van der Waals surface area contributed by atoms with E-state index >= 15 is 0 Å². The molecule has 3 amide bonds. The zero-order valence-electron chi connectivity index (χ0n) is 43.9. The van der Waals surface area contributed by atoms with Crippen molar-refractivity contribution in [3.05, 3.63) is 191 Å². The van der Waals surface area contributed by atoms with Crippen LogP contribution in [0.5, 0.6) is 0 Å². The molecule has 4 saturated heterocycles. The third-order valence-corrected chi connectivity index (χ3v) is 16.8. The average Bonchev–Trinajstić information content (AvgIpc) is 4.05. The maximum atomic E-state index is 13.3. The number of aliphatic carboxylic acids is 1. The highest BCUT2D eigenvalue weighted by molar-refractivity contribution is 5.94. The van der Waals surface area contributed by atoms with Crippen molar-refractivity contribution >= 4 is 35.1 Å². The molecule has 2 aliphatic carbocycles. The van der Waals surface area contributed by atoms with Crippen LogP contribution in [0.25, 0.3) is 0 Å². The van der Waals surface area contributed by atoms with Crippen molar-refractivity contribution in [3.8, 4) is 0 Å². The van der Waals surface area contributed by atoms with Crippen LogP contribution in [0.15, 0.2) is 152 Å². The highest BCUT2D eigenvalue weighted by Gasteiger charge is 2.51. The third kappa shape index (κ3) is 12.2. The van der Waals surface area contributed by atoms with Gasteiger partial charge in [-0.25, -0.2) is 0 Å². The molecule has 6 N–H and O–H groups in total. The van der Waals surface area contributed by atoms with Crippen molar-refractivity contribution in [1.82, 2.24) is 35.7 Å². The Kier molecular flexibility index (Phi) is 16.7. The van der Waals surface area contributed by atoms with E-state index in [9.17, 15) is 19.2 Å². The number of piperidine rings is 2. The van der Waals surface area contributed by atoms with E-state index in [4.69, 9.17) is 10.8 Å². The van der Waals surface area contributed by atoms with E-state index in [1.165, 1.54) is 38.9 Å². The molecule has 2 aromatic heterocycles. The molecule has 6 heterocycles. The number of nitrogens with zero attached hydrogens (tertiary/aromatic N) is 6. The van der Waals surface area contributed by atoms with Gasteiger partial charge in [-0.05, 0) is 146 Å². The van der Waals surface area contributed by atoms with Gasteiger partial charge in [0, 0.05) is 80.3 Å². The van der Waals surface area contributed by atoms with Crippen LogP contribution >= 0.6 is 0 Å². The van der Waals surface area contributed by atoms with Gasteiger partial charge >= 0.3 is 5.97 Å². The number of amides is 3. The molecule has 0 radical (unpaired) electrons. The molecule has 4 aromatic carbocycles. The lowest BCUT2D eigenvalue weighted by Gasteiger charge is -2.43. The largest absolute Gasteiger partial charge is 0.480 e. The van der Waals surface area contributed by atoms with E-state index in [1.54, 1.807) is 6.20 Å². The van der Waals surface area contributed by atoms with E-state index in [2.05, 4.69) is 107 Å². The second-order valence-corrected chi connectivity index (χ2v) is 21.5. The molecule has 12 rings (SSSR count). The number of para-hydroxylation sites is 2. The number of rotatable bonds is 11. The lowest BCUT2D eigenvalue weighted by atomic mass is 9.76. The van der Waals surface area contributed by atoms with Crippen LogP contribution in [0.2, 0.25) is 0 Å². The average molecular weight is 1040 g/mol. The Hall–Kier alpha value is -7.46. The number of nitrogens with two attached hydrogens (primary N) is 1. The molecule has 15 heteroatoms. The van der Waals surface area contributed by atoms with E-state index < -0.39 is 17.0 Å². The lowest BCUT2D eigenvalue weighted by Crippen LogP contribution is -2.57. The van der Waals surface area contributed by atoms with Crippen molar-refractivity contribution in [2.75, 3.05) is 62.4 Å². The van der Waals surface area contributed by atoms with Crippen molar-refractivity contribution in [2.45, 2.75) is 99.7 Å². The van der Waals surface area contributed by atoms with Crippen molar-refractivity contribution in [1.29, 1.82) is 0 Å². The van der Waals surface area contributed by atoms with Crippen LogP contribution in [0.1, 0.15) is 83.4 Å². The molecule has 3 atom stereocenters. The summed E-state index contributed by atoms with van der Waals surface area (Å²) in [5, 5.41) is 18.3. The third-order valence-electron chi connectivity index (χ3n) is 16.8. The molecule has 2 spiro atoms. The van der Waals surface area contributed by atoms with Crippen LogP contribution in [0.4, 0.5) is 11.4 Å². The molecule has 3 unspecified atom stereocenters. The van der Waals surface area contributed by atoms with Gasteiger partial charge in [-0.15, -0.1) is 0 Å². The van der Waals surface area contributed by atoms with Gasteiger partial charge in [-0.1, -0.05) is 91.0 Å². The number of hydrogen-bond acceptors (Lipinski definition) is 11. The normalized spacial score (nSPS) is 21.3. The minimum Gasteiger partial charge on any atom is -0.480 e. The number of hydrogen-bond donors (Lipinski definition) is 5. The fourth-order valence-corrected chi connectivity index (χ4v) is 12.7. The summed E-state index contributed by atoms with van der Waals surface area (Å²) in [6.07, 6.45) is 17.2. The van der Waals surface area contributed by atoms with Crippen LogP contribution in [-0.2, 0) is 51.3 Å². The number of aryl methyl sites for hydroxylation is 2. The molecule has 15 nitrogen and oxygen atoms in total. The number of carboxylic acids is 1. The van der Waals surface area contributed by atoms with Crippen molar-refractivity contribution < 1.29 is 24.3 Å². The predicted molar refractivity (Wildman–Crippen MR) is 299 cm³/mol. The summed E-state index contributed by atoms with van der Waals surface area (Å²) in [6.45, 7) is 4.15. The van der Waals surface area contributed by atoms with E-state index in [0.29, 0.717) is 64.7 Å². The SMILES string of the molecule is NC1CCc2cccc(Cc3cccnc3)c2C1.O=C(CN1CCC2(CC1)C(=O)NCN2c1ccccc1)NC1CCc2ccccc2C1Cc1cccnc1.O=C(O)CN1CCC2(CC1)C(=O)NCN2c1ccccc1. The minimum absolute atomic E-state index is 0.0447. The number of likely N-dealkylation sites (tertiary alicyclic amines) is 2. The Labute approximate surface area is 452 Å². The zero-order valence-corrected chi connectivity index (χ0v) is 43.9. The summed E-state index contributed by atoms with van der Waals surface area (Å²) >= 11 is 0. The molecule has 400 valence electrons. The smallest absolute Gasteiger partial charge is 0.317 e. The summed E-state index contributed by atoms with van der Waals surface area (Å²) in [5.74, 6) is -0.371.